The first-order valence-corrected chi connectivity index (χ1v) is 9.04. The summed E-state index contributed by atoms with van der Waals surface area (Å²) in [7, 11) is 0. The molecular formula is C17H22N4O3S. The number of ketones is 1. The van der Waals surface area contributed by atoms with Crippen molar-refractivity contribution in [2.45, 2.75) is 50.6 Å². The van der Waals surface area contributed by atoms with Crippen LogP contribution in [-0.4, -0.2) is 31.7 Å². The van der Waals surface area contributed by atoms with Crippen LogP contribution in [0.3, 0.4) is 0 Å². The molecule has 25 heavy (non-hydrogen) atoms. The third-order valence-corrected chi connectivity index (χ3v) is 4.74. The van der Waals surface area contributed by atoms with E-state index >= 15 is 0 Å². The van der Waals surface area contributed by atoms with Gasteiger partial charge in [0.1, 0.15) is 0 Å². The number of anilines is 1. The summed E-state index contributed by atoms with van der Waals surface area (Å²) >= 11 is 1.22. The molecule has 2 aromatic rings. The Labute approximate surface area is 150 Å². The summed E-state index contributed by atoms with van der Waals surface area (Å²) in [6.45, 7) is 5.84. The van der Waals surface area contributed by atoms with Crippen molar-refractivity contribution in [2.75, 3.05) is 5.32 Å². The van der Waals surface area contributed by atoms with E-state index in [4.69, 9.17) is 0 Å². The number of carbonyl (C=O) groups is 2. The summed E-state index contributed by atoms with van der Waals surface area (Å²) in [6.07, 6.45) is 1.83. The molecule has 1 heterocycles. The minimum absolute atomic E-state index is 0.0602. The number of carbonyl (C=O) groups excluding carboxylic acids is 2. The maximum Gasteiger partial charge on any atom is 0.343 e. The lowest BCUT2D eigenvalue weighted by atomic mass is 10.1. The van der Waals surface area contributed by atoms with Crippen LogP contribution in [0.4, 0.5) is 5.69 Å². The second-order valence-corrected chi connectivity index (χ2v) is 7.01. The minimum Gasteiger partial charge on any atom is -0.325 e. The Hall–Kier alpha value is -2.35. The van der Waals surface area contributed by atoms with Gasteiger partial charge in [-0.25, -0.2) is 9.89 Å². The van der Waals surface area contributed by atoms with Crippen molar-refractivity contribution in [3.63, 3.8) is 0 Å². The van der Waals surface area contributed by atoms with E-state index in [0.29, 0.717) is 23.0 Å². The van der Waals surface area contributed by atoms with Gasteiger partial charge in [-0.15, -0.1) is 5.10 Å². The molecular weight excluding hydrogens is 340 g/mol. The normalized spacial score (nSPS) is 12.0. The van der Waals surface area contributed by atoms with E-state index in [1.807, 2.05) is 6.92 Å². The highest BCUT2D eigenvalue weighted by molar-refractivity contribution is 8.00. The van der Waals surface area contributed by atoms with Gasteiger partial charge in [0.25, 0.3) is 0 Å². The van der Waals surface area contributed by atoms with Crippen LogP contribution in [0.15, 0.2) is 34.2 Å². The second kappa shape index (κ2) is 8.66. The van der Waals surface area contributed by atoms with Crippen molar-refractivity contribution in [1.82, 2.24) is 14.8 Å². The first-order valence-electron chi connectivity index (χ1n) is 8.16. The zero-order valence-corrected chi connectivity index (χ0v) is 15.4. The topological polar surface area (TPSA) is 96.8 Å². The minimum atomic E-state index is -0.448. The van der Waals surface area contributed by atoms with Crippen molar-refractivity contribution in [3.8, 4) is 0 Å². The number of rotatable bonds is 8. The highest BCUT2D eigenvalue weighted by atomic mass is 32.2. The number of hydrogen-bond acceptors (Lipinski definition) is 5. The summed E-state index contributed by atoms with van der Waals surface area (Å²) in [5.41, 5.74) is 0.840. The Kier molecular flexibility index (Phi) is 6.58. The predicted molar refractivity (Wildman–Crippen MR) is 98.2 cm³/mol. The predicted octanol–water partition coefficient (Wildman–Crippen LogP) is 2.69. The lowest BCUT2D eigenvalue weighted by Gasteiger charge is -2.12. The van der Waals surface area contributed by atoms with Crippen LogP contribution in [-0.2, 0) is 11.3 Å². The number of benzene rings is 1. The quantitative estimate of drug-likeness (QED) is 0.556. The molecule has 0 bridgehead atoms. The van der Waals surface area contributed by atoms with Crippen LogP contribution in [0, 0.1) is 0 Å². The molecule has 0 aliphatic rings. The van der Waals surface area contributed by atoms with Gasteiger partial charge in [0.2, 0.25) is 5.91 Å². The Morgan fingerprint density at radius 2 is 2.16 bits per heavy atom. The van der Waals surface area contributed by atoms with Gasteiger partial charge in [0, 0.05) is 17.8 Å². The van der Waals surface area contributed by atoms with E-state index in [-0.39, 0.29) is 17.4 Å². The number of thioether (sulfide) groups is 1. The Morgan fingerprint density at radius 3 is 2.84 bits per heavy atom. The van der Waals surface area contributed by atoms with Gasteiger partial charge in [0.05, 0.1) is 5.25 Å². The molecule has 1 aromatic heterocycles. The lowest BCUT2D eigenvalue weighted by Crippen LogP contribution is -2.24. The molecule has 0 unspecified atom stereocenters. The molecule has 1 amide bonds. The molecule has 0 radical (unpaired) electrons. The van der Waals surface area contributed by atoms with E-state index in [1.54, 1.807) is 35.8 Å². The fraction of sp³-hybridized carbons (Fsp3) is 0.412. The number of nitrogens with one attached hydrogen (secondary N) is 2. The molecule has 0 aliphatic carbocycles. The first-order chi connectivity index (χ1) is 11.9. The molecule has 8 heteroatoms. The molecule has 0 saturated carbocycles. The van der Waals surface area contributed by atoms with Gasteiger partial charge in [-0.2, -0.15) is 0 Å². The van der Waals surface area contributed by atoms with Crippen molar-refractivity contribution in [3.05, 3.63) is 40.3 Å². The van der Waals surface area contributed by atoms with Gasteiger partial charge >= 0.3 is 5.69 Å². The second-order valence-electron chi connectivity index (χ2n) is 5.70. The number of Topliss-reactive ketones (excluding diaryl/α,β-unsaturated/α-hetero) is 1. The third-order valence-electron chi connectivity index (χ3n) is 3.65. The maximum atomic E-state index is 12.4. The van der Waals surface area contributed by atoms with Crippen LogP contribution in [0.2, 0.25) is 0 Å². The van der Waals surface area contributed by atoms with Gasteiger partial charge in [-0.3, -0.25) is 14.2 Å². The van der Waals surface area contributed by atoms with Crippen molar-refractivity contribution >= 4 is 29.1 Å². The molecule has 134 valence electrons. The van der Waals surface area contributed by atoms with Crippen LogP contribution < -0.4 is 11.0 Å². The van der Waals surface area contributed by atoms with E-state index in [9.17, 15) is 14.4 Å². The van der Waals surface area contributed by atoms with Crippen LogP contribution >= 0.6 is 11.8 Å². The number of hydrogen-bond donors (Lipinski definition) is 2. The Balaban J connectivity index is 2.05. The molecule has 0 fully saturated rings. The Morgan fingerprint density at radius 1 is 1.40 bits per heavy atom. The number of aromatic amines is 1. The van der Waals surface area contributed by atoms with Crippen LogP contribution in [0.25, 0.3) is 0 Å². The molecule has 0 saturated heterocycles. The fourth-order valence-corrected chi connectivity index (χ4v) is 3.06. The van der Waals surface area contributed by atoms with E-state index < -0.39 is 5.25 Å². The summed E-state index contributed by atoms with van der Waals surface area (Å²) in [4.78, 5) is 35.6. The molecule has 7 nitrogen and oxygen atoms in total. The fourth-order valence-electron chi connectivity index (χ4n) is 2.18. The monoisotopic (exact) mass is 362 g/mol. The lowest BCUT2D eigenvalue weighted by molar-refractivity contribution is -0.115. The van der Waals surface area contributed by atoms with Crippen molar-refractivity contribution < 1.29 is 9.59 Å². The van der Waals surface area contributed by atoms with E-state index in [2.05, 4.69) is 15.5 Å². The average Bonchev–Trinajstić information content (AvgIpc) is 2.92. The average molecular weight is 362 g/mol. The number of nitrogens with zero attached hydrogens (tertiary/aromatic N) is 2. The largest absolute Gasteiger partial charge is 0.343 e. The molecule has 1 aromatic carbocycles. The first kappa shape index (κ1) is 19.0. The third kappa shape index (κ3) is 5.06. The van der Waals surface area contributed by atoms with Gasteiger partial charge in [0.15, 0.2) is 10.9 Å². The standard InChI is InChI=1S/C17H22N4O3S/c1-4-5-9-21-16(24)19-20-17(21)25-12(3)15(23)18-14-8-6-7-13(10-14)11(2)22/h6-8,10,12H,4-5,9H2,1-3H3,(H,18,23)(H,19,24)/t12-/m1/s1. The number of unbranched alkanes of at least 4 members (excludes halogenated alkanes) is 1. The van der Waals surface area contributed by atoms with Crippen molar-refractivity contribution in [2.24, 2.45) is 0 Å². The van der Waals surface area contributed by atoms with Crippen LogP contribution in [0.1, 0.15) is 44.0 Å². The van der Waals surface area contributed by atoms with Crippen molar-refractivity contribution in [1.29, 1.82) is 0 Å². The molecule has 2 N–H and O–H groups in total. The highest BCUT2D eigenvalue weighted by Gasteiger charge is 2.19. The number of H-pyrrole nitrogens is 1. The maximum absolute atomic E-state index is 12.4. The smallest absolute Gasteiger partial charge is 0.325 e. The number of amides is 1. The van der Waals surface area contributed by atoms with Gasteiger partial charge in [-0.05, 0) is 32.4 Å². The highest BCUT2D eigenvalue weighted by Crippen LogP contribution is 2.22. The Bertz CT molecular complexity index is 812. The van der Waals surface area contributed by atoms with Crippen LogP contribution in [0.5, 0.6) is 0 Å². The number of aromatic nitrogens is 3. The molecule has 2 rings (SSSR count). The SMILES string of the molecule is CCCCn1c(S[C@H](C)C(=O)Nc2cccc(C(C)=O)c2)n[nH]c1=O. The van der Waals surface area contributed by atoms with E-state index in [1.165, 1.54) is 18.7 Å². The van der Waals surface area contributed by atoms with Gasteiger partial charge in [-0.1, -0.05) is 37.2 Å². The summed E-state index contributed by atoms with van der Waals surface area (Å²) in [5, 5.41) is 9.27. The molecule has 1 atom stereocenters. The van der Waals surface area contributed by atoms with E-state index in [0.717, 1.165) is 12.8 Å². The molecule has 0 spiro atoms. The summed E-state index contributed by atoms with van der Waals surface area (Å²) in [5.74, 6) is -0.279. The summed E-state index contributed by atoms with van der Waals surface area (Å²) in [6, 6.07) is 6.80. The van der Waals surface area contributed by atoms with Gasteiger partial charge < -0.3 is 5.32 Å². The zero-order chi connectivity index (χ0) is 18.4. The molecule has 0 aliphatic heterocycles. The summed E-state index contributed by atoms with van der Waals surface area (Å²) < 4.78 is 1.55. The zero-order valence-electron chi connectivity index (χ0n) is 14.5.